The van der Waals surface area contributed by atoms with Gasteiger partial charge < -0.3 is 0 Å². The van der Waals surface area contributed by atoms with Crippen LogP contribution in [-0.2, 0) is 0 Å². The van der Waals surface area contributed by atoms with Crippen LogP contribution in [0.1, 0.15) is 52.9 Å². The highest BCUT2D eigenvalue weighted by Gasteiger charge is 2.41. The molecule has 0 spiro atoms. The van der Waals surface area contributed by atoms with Gasteiger partial charge in [0.25, 0.3) is 0 Å². The van der Waals surface area contributed by atoms with E-state index in [4.69, 9.17) is 0 Å². The summed E-state index contributed by atoms with van der Waals surface area (Å²) in [4.78, 5) is 0. The average Bonchev–Trinajstić information content (AvgIpc) is 2.15. The van der Waals surface area contributed by atoms with Crippen molar-refractivity contribution in [3.63, 3.8) is 0 Å². The number of hydrogen-bond acceptors (Lipinski definition) is 0. The van der Waals surface area contributed by atoms with Gasteiger partial charge in [-0.05, 0) is 55.3 Å². The summed E-state index contributed by atoms with van der Waals surface area (Å²) in [6.45, 7) is 7.32. The first-order valence-electron chi connectivity index (χ1n) is 5.60. The Bertz CT molecular complexity index is 165. The molecule has 0 aromatic heterocycles. The Hall–Kier alpha value is 0. The van der Waals surface area contributed by atoms with Crippen LogP contribution in [0.3, 0.4) is 0 Å². The predicted molar refractivity (Wildman–Crippen MR) is 53.0 cm³/mol. The van der Waals surface area contributed by atoms with Crippen molar-refractivity contribution in [3.05, 3.63) is 0 Å². The molecule has 3 saturated carbocycles. The van der Waals surface area contributed by atoms with E-state index in [1.807, 2.05) is 0 Å². The fraction of sp³-hybridized carbons (Fsp3) is 1.00. The number of fused-ring (bicyclic) bond motifs is 3. The maximum absolute atomic E-state index is 2.51. The van der Waals surface area contributed by atoms with Crippen molar-refractivity contribution < 1.29 is 0 Å². The second-order valence-corrected chi connectivity index (χ2v) is 5.75. The van der Waals surface area contributed by atoms with Gasteiger partial charge in [-0.3, -0.25) is 0 Å². The maximum Gasteiger partial charge on any atom is -0.0300 e. The first-order valence-corrected chi connectivity index (χ1v) is 5.60. The molecule has 0 aliphatic heterocycles. The molecule has 0 heterocycles. The standard InChI is InChI=1S/C12H22/c1-9(2)12(3)5-4-10-6-11(7-10)8-12/h9-11H,4-8H2,1-3H3. The van der Waals surface area contributed by atoms with Gasteiger partial charge in [-0.15, -0.1) is 0 Å². The summed E-state index contributed by atoms with van der Waals surface area (Å²) in [5, 5.41) is 0. The summed E-state index contributed by atoms with van der Waals surface area (Å²) >= 11 is 0. The predicted octanol–water partition coefficient (Wildman–Crippen LogP) is 3.86. The fourth-order valence-electron chi connectivity index (χ4n) is 3.10. The fourth-order valence-corrected chi connectivity index (χ4v) is 3.10. The lowest BCUT2D eigenvalue weighted by Gasteiger charge is -2.37. The highest BCUT2D eigenvalue weighted by molar-refractivity contribution is 4.92. The largest absolute Gasteiger partial charge is 0.0623 e. The van der Waals surface area contributed by atoms with E-state index in [-0.39, 0.29) is 0 Å². The Morgan fingerprint density at radius 1 is 1.17 bits per heavy atom. The van der Waals surface area contributed by atoms with E-state index in [1.54, 1.807) is 12.8 Å². The van der Waals surface area contributed by atoms with Crippen LogP contribution < -0.4 is 0 Å². The van der Waals surface area contributed by atoms with Crippen LogP contribution in [0, 0.1) is 23.2 Å². The van der Waals surface area contributed by atoms with E-state index in [0.717, 1.165) is 17.8 Å². The second kappa shape index (κ2) is 2.75. The summed E-state index contributed by atoms with van der Waals surface area (Å²) in [6.07, 6.45) is 7.64. The van der Waals surface area contributed by atoms with Crippen LogP contribution in [0.4, 0.5) is 0 Å². The number of hydrogen-bond donors (Lipinski definition) is 0. The Morgan fingerprint density at radius 3 is 2.42 bits per heavy atom. The van der Waals surface area contributed by atoms with Gasteiger partial charge in [0.15, 0.2) is 0 Å². The smallest absolute Gasteiger partial charge is 0.0300 e. The van der Waals surface area contributed by atoms with Crippen LogP contribution in [-0.4, -0.2) is 0 Å². The van der Waals surface area contributed by atoms with Gasteiger partial charge in [-0.25, -0.2) is 0 Å². The molecule has 0 amide bonds. The molecule has 0 aromatic carbocycles. The van der Waals surface area contributed by atoms with E-state index in [9.17, 15) is 0 Å². The van der Waals surface area contributed by atoms with Gasteiger partial charge in [0.05, 0.1) is 0 Å². The normalized spacial score (nSPS) is 47.0. The molecule has 0 aromatic rings. The Balaban J connectivity index is 2.06. The van der Waals surface area contributed by atoms with Crippen LogP contribution in [0.2, 0.25) is 0 Å². The molecule has 3 aliphatic rings. The molecule has 0 radical (unpaired) electrons. The molecule has 0 heteroatoms. The van der Waals surface area contributed by atoms with Crippen molar-refractivity contribution in [2.75, 3.05) is 0 Å². The first-order chi connectivity index (χ1) is 5.60. The van der Waals surface area contributed by atoms with Gasteiger partial charge >= 0.3 is 0 Å². The van der Waals surface area contributed by atoms with Crippen molar-refractivity contribution in [3.8, 4) is 0 Å². The summed E-state index contributed by atoms with van der Waals surface area (Å²) in [6, 6.07) is 0. The molecule has 3 fully saturated rings. The third-order valence-corrected chi connectivity index (χ3v) is 4.61. The molecule has 0 nitrogen and oxygen atoms in total. The zero-order valence-electron chi connectivity index (χ0n) is 8.77. The molecular formula is C12H22. The lowest BCUT2D eigenvalue weighted by Crippen LogP contribution is -2.26. The van der Waals surface area contributed by atoms with Crippen LogP contribution in [0.5, 0.6) is 0 Å². The van der Waals surface area contributed by atoms with E-state index >= 15 is 0 Å². The quantitative estimate of drug-likeness (QED) is 0.555. The number of rotatable bonds is 1. The molecule has 3 rings (SSSR count). The summed E-state index contributed by atoms with van der Waals surface area (Å²) in [5.41, 5.74) is 0.677. The third kappa shape index (κ3) is 1.30. The van der Waals surface area contributed by atoms with Gasteiger partial charge in [0, 0.05) is 0 Å². The van der Waals surface area contributed by atoms with Crippen LogP contribution in [0.25, 0.3) is 0 Å². The van der Waals surface area contributed by atoms with Crippen molar-refractivity contribution in [1.82, 2.24) is 0 Å². The van der Waals surface area contributed by atoms with Crippen molar-refractivity contribution in [2.45, 2.75) is 52.9 Å². The third-order valence-electron chi connectivity index (χ3n) is 4.61. The molecule has 2 bridgehead atoms. The van der Waals surface area contributed by atoms with E-state index in [2.05, 4.69) is 20.8 Å². The van der Waals surface area contributed by atoms with E-state index in [0.29, 0.717) is 5.41 Å². The lowest BCUT2D eigenvalue weighted by molar-refractivity contribution is 0.139. The van der Waals surface area contributed by atoms with Gasteiger partial charge in [-0.2, -0.15) is 0 Å². The minimum atomic E-state index is 0.677. The maximum atomic E-state index is 2.51. The molecule has 12 heavy (non-hydrogen) atoms. The van der Waals surface area contributed by atoms with Crippen molar-refractivity contribution in [1.29, 1.82) is 0 Å². The Morgan fingerprint density at radius 2 is 1.83 bits per heavy atom. The minimum absolute atomic E-state index is 0.677. The molecule has 0 N–H and O–H groups in total. The first kappa shape index (κ1) is 8.59. The summed E-state index contributed by atoms with van der Waals surface area (Å²) in [7, 11) is 0. The zero-order chi connectivity index (χ0) is 8.77. The highest BCUT2D eigenvalue weighted by Crippen LogP contribution is 2.52. The molecule has 0 saturated heterocycles. The van der Waals surface area contributed by atoms with E-state index < -0.39 is 0 Å². The Kier molecular flexibility index (Phi) is 1.97. The zero-order valence-corrected chi connectivity index (χ0v) is 8.77. The summed E-state index contributed by atoms with van der Waals surface area (Å²) in [5.74, 6) is 3.11. The van der Waals surface area contributed by atoms with Gasteiger partial charge in [0.2, 0.25) is 0 Å². The molecule has 1 atom stereocenters. The SMILES string of the molecule is CC(C)C1(C)CCC2CC(C2)C1. The van der Waals surface area contributed by atoms with Crippen molar-refractivity contribution >= 4 is 0 Å². The lowest BCUT2D eigenvalue weighted by atomic mass is 9.69. The monoisotopic (exact) mass is 166 g/mol. The summed E-state index contributed by atoms with van der Waals surface area (Å²) < 4.78 is 0. The van der Waals surface area contributed by atoms with Crippen LogP contribution in [0.15, 0.2) is 0 Å². The van der Waals surface area contributed by atoms with Gasteiger partial charge in [0.1, 0.15) is 0 Å². The molecule has 3 aliphatic carbocycles. The van der Waals surface area contributed by atoms with Gasteiger partial charge in [-0.1, -0.05) is 20.8 Å². The molecule has 1 unspecified atom stereocenters. The topological polar surface area (TPSA) is 0 Å². The average molecular weight is 166 g/mol. The Labute approximate surface area is 76.7 Å². The van der Waals surface area contributed by atoms with E-state index in [1.165, 1.54) is 19.3 Å². The highest BCUT2D eigenvalue weighted by atomic mass is 14.5. The second-order valence-electron chi connectivity index (χ2n) is 5.75. The molecule has 70 valence electrons. The minimum Gasteiger partial charge on any atom is -0.0623 e. The van der Waals surface area contributed by atoms with Crippen molar-refractivity contribution in [2.24, 2.45) is 23.2 Å². The molecular weight excluding hydrogens is 144 g/mol. The van der Waals surface area contributed by atoms with Crippen LogP contribution >= 0.6 is 0 Å².